The molecule has 0 spiro atoms. The third-order valence-corrected chi connectivity index (χ3v) is 7.07. The van der Waals surface area contributed by atoms with E-state index in [0.717, 1.165) is 62.8 Å². The van der Waals surface area contributed by atoms with Crippen molar-refractivity contribution in [3.8, 4) is 12.3 Å². The van der Waals surface area contributed by atoms with Crippen molar-refractivity contribution in [1.82, 2.24) is 30.2 Å². The standard InChI is InChI=1S/C29H31N10O/c1-30-29(10-11-31-20-29)40-25-9-5-8-24(17-25)36-26-34-21-35-28(37-26)39-14-12-38(13-15-39)27-32-18-23(19-33-27)16-22-6-3-2-4-7-22/h1-9,17-19,21,31H,10-16,20H2,(H,34,35,36,37)/q+1/t29-/m1/s1. The number of rotatable bonds is 8. The van der Waals surface area contributed by atoms with Crippen LogP contribution >= 0.6 is 0 Å². The maximum atomic E-state index is 6.12. The van der Waals surface area contributed by atoms with Crippen LogP contribution in [0.2, 0.25) is 0 Å². The number of anilines is 4. The molecule has 2 saturated heterocycles. The van der Waals surface area contributed by atoms with Crippen LogP contribution in [0, 0.1) is 6.57 Å². The Bertz CT molecular complexity index is 1460. The maximum absolute atomic E-state index is 6.12. The zero-order valence-electron chi connectivity index (χ0n) is 22.1. The van der Waals surface area contributed by atoms with Gasteiger partial charge in [-0.3, -0.25) is 0 Å². The van der Waals surface area contributed by atoms with Crippen molar-refractivity contribution in [2.24, 2.45) is 0 Å². The fourth-order valence-electron chi connectivity index (χ4n) is 4.91. The summed E-state index contributed by atoms with van der Waals surface area (Å²) in [4.78, 5) is 31.0. The Balaban J connectivity index is 1.05. The van der Waals surface area contributed by atoms with Crippen molar-refractivity contribution in [2.45, 2.75) is 18.6 Å². The van der Waals surface area contributed by atoms with Crippen molar-refractivity contribution in [2.75, 3.05) is 54.4 Å². The quantitative estimate of drug-likeness (QED) is 0.349. The van der Waals surface area contributed by atoms with Gasteiger partial charge in [0.15, 0.2) is 0 Å². The van der Waals surface area contributed by atoms with Gasteiger partial charge in [-0.15, -0.1) is 0 Å². The molecule has 1 atom stereocenters. The van der Waals surface area contributed by atoms with Gasteiger partial charge >= 0.3 is 5.72 Å². The van der Waals surface area contributed by atoms with Gasteiger partial charge in [-0.2, -0.15) is 4.98 Å². The second-order valence-corrected chi connectivity index (χ2v) is 9.89. The summed E-state index contributed by atoms with van der Waals surface area (Å²) >= 11 is 0. The smallest absolute Gasteiger partial charge is 0.418 e. The van der Waals surface area contributed by atoms with Gasteiger partial charge in [0, 0.05) is 63.3 Å². The Morgan fingerprint density at radius 2 is 1.68 bits per heavy atom. The number of benzene rings is 2. The van der Waals surface area contributed by atoms with E-state index in [1.54, 1.807) is 0 Å². The lowest BCUT2D eigenvalue weighted by Gasteiger charge is -2.34. The molecule has 0 bridgehead atoms. The lowest BCUT2D eigenvalue weighted by Crippen LogP contribution is -2.47. The number of nitrogens with one attached hydrogen (secondary N) is 2. The van der Waals surface area contributed by atoms with Crippen LogP contribution in [0.5, 0.6) is 5.75 Å². The third kappa shape index (κ3) is 5.92. The average Bonchev–Trinajstić information content (AvgIpc) is 3.47. The van der Waals surface area contributed by atoms with Crippen LogP contribution < -0.4 is 25.2 Å². The number of aromatic nitrogens is 5. The molecule has 2 aliphatic rings. The predicted octanol–water partition coefficient (Wildman–Crippen LogP) is 3.35. The summed E-state index contributed by atoms with van der Waals surface area (Å²) in [6.45, 7) is 10.1. The summed E-state index contributed by atoms with van der Waals surface area (Å²) in [5.74, 6) is 2.50. The van der Waals surface area contributed by atoms with Crippen molar-refractivity contribution < 1.29 is 4.74 Å². The zero-order chi connectivity index (χ0) is 27.2. The molecule has 0 unspecified atom stereocenters. The van der Waals surface area contributed by atoms with Gasteiger partial charge in [-0.05, 0) is 28.1 Å². The van der Waals surface area contributed by atoms with Crippen LogP contribution in [0.25, 0.3) is 4.85 Å². The van der Waals surface area contributed by atoms with Gasteiger partial charge in [0.2, 0.25) is 17.8 Å². The zero-order valence-corrected chi connectivity index (χ0v) is 22.1. The highest BCUT2D eigenvalue weighted by molar-refractivity contribution is 5.56. The molecule has 0 radical (unpaired) electrons. The van der Waals surface area contributed by atoms with Gasteiger partial charge in [-0.25, -0.2) is 19.9 Å². The summed E-state index contributed by atoms with van der Waals surface area (Å²) in [6, 6.07) is 18.0. The van der Waals surface area contributed by atoms with Gasteiger partial charge in [-0.1, -0.05) is 36.4 Å². The SMILES string of the molecule is C#[N+][C@@]1(Oc2cccc(Nc3ncnc(N4CCN(c5ncc(Cc6ccccc6)cn5)CC4)n3)c2)CCNC1. The minimum atomic E-state index is -0.740. The molecule has 6 rings (SSSR count). The number of nitrogens with zero attached hydrogens (tertiary/aromatic N) is 8. The molecule has 2 N–H and O–H groups in total. The molecule has 11 heteroatoms. The van der Waals surface area contributed by atoms with Gasteiger partial charge in [0.05, 0.1) is 6.42 Å². The Kier molecular flexibility index (Phi) is 7.32. The van der Waals surface area contributed by atoms with Crippen molar-refractivity contribution in [3.05, 3.63) is 89.3 Å². The molecule has 4 heterocycles. The Morgan fingerprint density at radius 3 is 2.40 bits per heavy atom. The van der Waals surface area contributed by atoms with Gasteiger partial charge < -0.3 is 25.2 Å². The minimum Gasteiger partial charge on any atom is -0.418 e. The second-order valence-electron chi connectivity index (χ2n) is 9.89. The van der Waals surface area contributed by atoms with Crippen LogP contribution in [-0.4, -0.2) is 69.9 Å². The minimum absolute atomic E-state index is 0.461. The fourth-order valence-corrected chi connectivity index (χ4v) is 4.91. The van der Waals surface area contributed by atoms with E-state index in [1.165, 1.54) is 11.9 Å². The Hall–Kier alpha value is -4.82. The lowest BCUT2D eigenvalue weighted by molar-refractivity contribution is 0.140. The topological polar surface area (TPSA) is 109 Å². The van der Waals surface area contributed by atoms with Crippen LogP contribution in [-0.2, 0) is 6.42 Å². The first-order chi connectivity index (χ1) is 19.7. The van der Waals surface area contributed by atoms with E-state index >= 15 is 0 Å². The van der Waals surface area contributed by atoms with E-state index < -0.39 is 5.72 Å². The van der Waals surface area contributed by atoms with Gasteiger partial charge in [0.1, 0.15) is 18.6 Å². The Morgan fingerprint density at radius 1 is 0.900 bits per heavy atom. The fraction of sp³-hybridized carbons (Fsp3) is 0.310. The monoisotopic (exact) mass is 535 g/mol. The molecule has 2 aliphatic heterocycles. The summed E-state index contributed by atoms with van der Waals surface area (Å²) in [6.07, 6.45) is 6.90. The first-order valence-electron chi connectivity index (χ1n) is 13.4. The van der Waals surface area contributed by atoms with Crippen LogP contribution in [0.1, 0.15) is 17.5 Å². The molecule has 2 aromatic heterocycles. The summed E-state index contributed by atoms with van der Waals surface area (Å²) < 4.78 is 6.12. The van der Waals surface area contributed by atoms with E-state index in [4.69, 9.17) is 11.3 Å². The Labute approximate surface area is 233 Å². The highest BCUT2D eigenvalue weighted by Crippen LogP contribution is 2.28. The third-order valence-electron chi connectivity index (χ3n) is 7.07. The molecule has 4 aromatic rings. The highest BCUT2D eigenvalue weighted by atomic mass is 16.5. The lowest BCUT2D eigenvalue weighted by atomic mass is 10.1. The average molecular weight is 536 g/mol. The first kappa shape index (κ1) is 25.5. The van der Waals surface area contributed by atoms with Gasteiger partial charge in [0.25, 0.3) is 6.57 Å². The molecule has 202 valence electrons. The number of ether oxygens (including phenoxy) is 1. The van der Waals surface area contributed by atoms with E-state index in [9.17, 15) is 0 Å². The summed E-state index contributed by atoms with van der Waals surface area (Å²) in [5, 5.41) is 6.50. The molecular weight excluding hydrogens is 504 g/mol. The van der Waals surface area contributed by atoms with Crippen LogP contribution in [0.15, 0.2) is 73.3 Å². The largest absolute Gasteiger partial charge is 0.435 e. The highest BCUT2D eigenvalue weighted by Gasteiger charge is 2.46. The van der Waals surface area contributed by atoms with Crippen molar-refractivity contribution in [3.63, 3.8) is 0 Å². The van der Waals surface area contributed by atoms with Crippen molar-refractivity contribution in [1.29, 1.82) is 0 Å². The molecular formula is C29H31N10O+. The van der Waals surface area contributed by atoms with Crippen molar-refractivity contribution >= 4 is 23.5 Å². The molecule has 2 aromatic carbocycles. The van der Waals surface area contributed by atoms with E-state index in [0.29, 0.717) is 24.2 Å². The molecule has 11 nitrogen and oxygen atoms in total. The molecule has 0 aliphatic carbocycles. The number of hydrogen-bond acceptors (Lipinski definition) is 10. The predicted molar refractivity (Wildman–Crippen MR) is 154 cm³/mol. The number of hydrogen-bond donors (Lipinski definition) is 2. The van der Waals surface area contributed by atoms with E-state index in [1.807, 2.05) is 54.9 Å². The summed E-state index contributed by atoms with van der Waals surface area (Å²) in [7, 11) is 0. The van der Waals surface area contributed by atoms with Crippen LogP contribution in [0.3, 0.4) is 0 Å². The maximum Gasteiger partial charge on any atom is 0.435 e. The first-order valence-corrected chi connectivity index (χ1v) is 13.4. The van der Waals surface area contributed by atoms with E-state index in [-0.39, 0.29) is 0 Å². The molecule has 40 heavy (non-hydrogen) atoms. The number of piperazine rings is 1. The van der Waals surface area contributed by atoms with Crippen LogP contribution in [0.4, 0.5) is 23.5 Å². The molecule has 2 fully saturated rings. The normalized spacial score (nSPS) is 18.8. The molecule has 0 saturated carbocycles. The molecule has 0 amide bonds. The second kappa shape index (κ2) is 11.5. The van der Waals surface area contributed by atoms with E-state index in [2.05, 4.69) is 62.3 Å². The summed E-state index contributed by atoms with van der Waals surface area (Å²) in [5.41, 5.74) is 2.40.